The lowest BCUT2D eigenvalue weighted by atomic mass is 10.0. The summed E-state index contributed by atoms with van der Waals surface area (Å²) in [5, 5.41) is 0. The summed E-state index contributed by atoms with van der Waals surface area (Å²) in [7, 11) is 0. The van der Waals surface area contributed by atoms with Gasteiger partial charge in [0.1, 0.15) is 0 Å². The van der Waals surface area contributed by atoms with Crippen LogP contribution in [-0.4, -0.2) is 5.97 Å². The molecule has 1 N–H and O–H groups in total. The molecule has 22 heavy (non-hydrogen) atoms. The average Bonchev–Trinajstić information content (AvgIpc) is 2.51. The van der Waals surface area contributed by atoms with Gasteiger partial charge >= 0.3 is 5.97 Å². The zero-order valence-electron chi connectivity index (χ0n) is 14.5. The van der Waals surface area contributed by atoms with Gasteiger partial charge in [0, 0.05) is 18.2 Å². The van der Waals surface area contributed by atoms with E-state index in [4.69, 9.17) is 11.8 Å². The SMILES string of the molecule is CCCCCCCCCCCCCCCCCC(=O)ONCl. The van der Waals surface area contributed by atoms with Gasteiger partial charge < -0.3 is 4.84 Å². The Morgan fingerprint density at radius 2 is 1.09 bits per heavy atom. The quantitative estimate of drug-likeness (QED) is 0.189. The molecule has 0 fully saturated rings. The molecule has 0 radical (unpaired) electrons. The van der Waals surface area contributed by atoms with Crippen molar-refractivity contribution in [2.75, 3.05) is 0 Å². The van der Waals surface area contributed by atoms with Crippen LogP contribution in [0.2, 0.25) is 0 Å². The van der Waals surface area contributed by atoms with Gasteiger partial charge in [-0.15, -0.1) is 0 Å². The average molecular weight is 334 g/mol. The second kappa shape index (κ2) is 18.8. The van der Waals surface area contributed by atoms with Crippen LogP contribution in [0.3, 0.4) is 0 Å². The molecule has 4 heteroatoms. The number of nitrogens with one attached hydrogen (secondary N) is 1. The Morgan fingerprint density at radius 1 is 0.727 bits per heavy atom. The topological polar surface area (TPSA) is 38.3 Å². The second-order valence-corrected chi connectivity index (χ2v) is 6.41. The summed E-state index contributed by atoms with van der Waals surface area (Å²) in [4.78, 5) is 17.3. The zero-order valence-corrected chi connectivity index (χ0v) is 15.3. The molecular weight excluding hydrogens is 298 g/mol. The van der Waals surface area contributed by atoms with E-state index in [1.165, 1.54) is 83.5 Å². The molecule has 0 aromatic carbocycles. The largest absolute Gasteiger partial charge is 0.355 e. The number of halogens is 1. The number of hydrogen-bond donors (Lipinski definition) is 1. The van der Waals surface area contributed by atoms with Crippen LogP contribution < -0.4 is 5.00 Å². The number of carbonyl (C=O) groups excluding carboxylic acids is 1. The molecule has 132 valence electrons. The van der Waals surface area contributed by atoms with Gasteiger partial charge in [-0.05, 0) is 6.42 Å². The van der Waals surface area contributed by atoms with Crippen LogP contribution in [0.25, 0.3) is 0 Å². The first-order valence-electron chi connectivity index (χ1n) is 9.36. The van der Waals surface area contributed by atoms with Gasteiger partial charge in [0.15, 0.2) is 0 Å². The normalized spacial score (nSPS) is 10.8. The van der Waals surface area contributed by atoms with Crippen molar-refractivity contribution in [1.29, 1.82) is 0 Å². The lowest BCUT2D eigenvalue weighted by Gasteiger charge is -2.03. The Hall–Kier alpha value is -0.280. The summed E-state index contributed by atoms with van der Waals surface area (Å²) in [6.45, 7) is 2.27. The van der Waals surface area contributed by atoms with Crippen molar-refractivity contribution in [2.45, 2.75) is 110 Å². The van der Waals surface area contributed by atoms with Crippen LogP contribution in [0.4, 0.5) is 0 Å². The van der Waals surface area contributed by atoms with Gasteiger partial charge in [-0.25, -0.2) is 0 Å². The van der Waals surface area contributed by atoms with Crippen LogP contribution in [0, 0.1) is 0 Å². The monoisotopic (exact) mass is 333 g/mol. The van der Waals surface area contributed by atoms with Crippen molar-refractivity contribution < 1.29 is 9.63 Å². The zero-order chi connectivity index (χ0) is 16.3. The van der Waals surface area contributed by atoms with Gasteiger partial charge in [0.25, 0.3) is 0 Å². The van der Waals surface area contributed by atoms with Crippen molar-refractivity contribution in [3.05, 3.63) is 0 Å². The summed E-state index contributed by atoms with van der Waals surface area (Å²) < 4.78 is 0. The van der Waals surface area contributed by atoms with E-state index in [2.05, 4.69) is 11.8 Å². The molecule has 0 aliphatic rings. The smallest absolute Gasteiger partial charge is 0.326 e. The van der Waals surface area contributed by atoms with Crippen LogP contribution in [0.1, 0.15) is 110 Å². The fraction of sp³-hybridized carbons (Fsp3) is 0.944. The van der Waals surface area contributed by atoms with E-state index in [0.29, 0.717) is 6.42 Å². The molecule has 0 atom stereocenters. The van der Waals surface area contributed by atoms with Gasteiger partial charge in [-0.2, -0.15) is 0 Å². The minimum absolute atomic E-state index is 0.273. The van der Waals surface area contributed by atoms with Crippen LogP contribution in [-0.2, 0) is 9.63 Å². The molecule has 0 aliphatic carbocycles. The highest BCUT2D eigenvalue weighted by atomic mass is 35.5. The molecule has 0 saturated heterocycles. The van der Waals surface area contributed by atoms with Crippen molar-refractivity contribution in [1.82, 2.24) is 5.00 Å². The fourth-order valence-corrected chi connectivity index (χ4v) is 2.82. The maximum absolute atomic E-state index is 11.0. The lowest BCUT2D eigenvalue weighted by molar-refractivity contribution is -0.147. The van der Waals surface area contributed by atoms with E-state index in [0.717, 1.165) is 12.8 Å². The first-order chi connectivity index (χ1) is 10.8. The highest BCUT2D eigenvalue weighted by molar-refractivity contribution is 6.13. The maximum atomic E-state index is 11.0. The predicted octanol–water partition coefficient (Wildman–Crippen LogP) is 6.45. The van der Waals surface area contributed by atoms with Crippen molar-refractivity contribution in [3.8, 4) is 0 Å². The second-order valence-electron chi connectivity index (χ2n) is 6.25. The third-order valence-electron chi connectivity index (χ3n) is 4.14. The Morgan fingerprint density at radius 3 is 1.45 bits per heavy atom. The Balaban J connectivity index is 3.01. The van der Waals surface area contributed by atoms with E-state index in [1.54, 1.807) is 0 Å². The standard InChI is InChI=1S/C18H36ClNO2/c1-2-3-4-5-6-7-8-9-10-11-12-13-14-15-16-17-18(21)22-20-19/h20H,2-17H2,1H3. The minimum Gasteiger partial charge on any atom is -0.355 e. The molecule has 0 saturated carbocycles. The molecule has 0 aromatic heterocycles. The Kier molecular flexibility index (Phi) is 18.5. The molecular formula is C18H36ClNO2. The van der Waals surface area contributed by atoms with Crippen molar-refractivity contribution >= 4 is 17.7 Å². The lowest BCUT2D eigenvalue weighted by Crippen LogP contribution is -2.10. The van der Waals surface area contributed by atoms with Crippen LogP contribution in [0.5, 0.6) is 0 Å². The predicted molar refractivity (Wildman–Crippen MR) is 94.6 cm³/mol. The number of hydrogen-bond acceptors (Lipinski definition) is 3. The molecule has 3 nitrogen and oxygen atoms in total. The number of carbonyl (C=O) groups is 1. The summed E-state index contributed by atoms with van der Waals surface area (Å²) in [5.41, 5.74) is 0. The van der Waals surface area contributed by atoms with Gasteiger partial charge in [-0.3, -0.25) is 4.79 Å². The first-order valence-corrected chi connectivity index (χ1v) is 9.74. The highest BCUT2D eigenvalue weighted by Gasteiger charge is 2.01. The molecule has 0 rings (SSSR count). The minimum atomic E-state index is -0.273. The third-order valence-corrected chi connectivity index (χ3v) is 4.21. The molecule has 0 spiro atoms. The number of rotatable bonds is 17. The van der Waals surface area contributed by atoms with E-state index < -0.39 is 0 Å². The third kappa shape index (κ3) is 17.8. The van der Waals surface area contributed by atoms with Gasteiger partial charge in [0.05, 0.1) is 0 Å². The van der Waals surface area contributed by atoms with Crippen LogP contribution in [0.15, 0.2) is 0 Å². The summed E-state index contributed by atoms with van der Waals surface area (Å²) in [6.07, 6.45) is 20.4. The maximum Gasteiger partial charge on any atom is 0.326 e. The molecule has 0 heterocycles. The number of unbranched alkanes of at least 4 members (excludes halogenated alkanes) is 14. The molecule has 0 bridgehead atoms. The first kappa shape index (κ1) is 21.7. The van der Waals surface area contributed by atoms with Crippen molar-refractivity contribution in [2.24, 2.45) is 0 Å². The molecule has 0 aliphatic heterocycles. The Labute approximate surface area is 142 Å². The van der Waals surface area contributed by atoms with E-state index >= 15 is 0 Å². The van der Waals surface area contributed by atoms with E-state index in [-0.39, 0.29) is 5.97 Å². The van der Waals surface area contributed by atoms with Gasteiger partial charge in [-0.1, -0.05) is 102 Å². The molecule has 0 amide bonds. The Bertz CT molecular complexity index is 237. The summed E-state index contributed by atoms with van der Waals surface area (Å²) in [6, 6.07) is 0. The van der Waals surface area contributed by atoms with Crippen LogP contribution >= 0.6 is 11.8 Å². The van der Waals surface area contributed by atoms with E-state index in [9.17, 15) is 4.79 Å². The highest BCUT2D eigenvalue weighted by Crippen LogP contribution is 2.13. The fourth-order valence-electron chi connectivity index (χ4n) is 2.73. The summed E-state index contributed by atoms with van der Waals surface area (Å²) >= 11 is 5.07. The molecule has 0 unspecified atom stereocenters. The molecule has 0 aromatic rings. The van der Waals surface area contributed by atoms with Crippen molar-refractivity contribution in [3.63, 3.8) is 0 Å². The van der Waals surface area contributed by atoms with E-state index in [1.807, 2.05) is 5.00 Å². The summed E-state index contributed by atoms with van der Waals surface area (Å²) in [5.74, 6) is -0.273. The van der Waals surface area contributed by atoms with Gasteiger partial charge in [0.2, 0.25) is 0 Å².